The lowest BCUT2D eigenvalue weighted by Gasteiger charge is -2.23. The standard InChI is InChI=1S/C18H22N4O3/c1-3-22-17(19-20-18(22)23)15-8-13(24-2)10-21(15)9-12-11-25-16-7-5-4-6-14(12)16/h4-7,11,13,15H,3,8-10H2,1-2H3,(H,20,23)/t13-,15-/m0/s1. The minimum atomic E-state index is -0.160. The molecule has 1 aliphatic heterocycles. The molecule has 4 rings (SSSR count). The number of methoxy groups -OCH3 is 1. The highest BCUT2D eigenvalue weighted by atomic mass is 16.5. The molecule has 0 aliphatic carbocycles. The Balaban J connectivity index is 1.67. The van der Waals surface area contributed by atoms with Crippen LogP contribution >= 0.6 is 0 Å². The molecule has 7 heteroatoms. The van der Waals surface area contributed by atoms with Gasteiger partial charge >= 0.3 is 5.69 Å². The van der Waals surface area contributed by atoms with E-state index in [4.69, 9.17) is 9.15 Å². The van der Waals surface area contributed by atoms with E-state index in [1.165, 1.54) is 0 Å². The predicted octanol–water partition coefficient (Wildman–Crippen LogP) is 2.30. The highest BCUT2D eigenvalue weighted by Crippen LogP contribution is 2.34. The zero-order chi connectivity index (χ0) is 17.4. The summed E-state index contributed by atoms with van der Waals surface area (Å²) in [5.74, 6) is 0.778. The van der Waals surface area contributed by atoms with E-state index in [0.29, 0.717) is 6.54 Å². The Hall–Kier alpha value is -2.38. The molecule has 2 atom stereocenters. The maximum absolute atomic E-state index is 12.0. The van der Waals surface area contributed by atoms with Crippen molar-refractivity contribution < 1.29 is 9.15 Å². The van der Waals surface area contributed by atoms with Gasteiger partial charge in [-0.25, -0.2) is 9.89 Å². The number of para-hydroxylation sites is 1. The normalized spacial score (nSPS) is 21.4. The van der Waals surface area contributed by atoms with Crippen LogP contribution in [0.2, 0.25) is 0 Å². The SMILES string of the molecule is CCn1c([C@@H]2C[C@H](OC)CN2Cc2coc3ccccc23)n[nH]c1=O. The van der Waals surface area contributed by atoms with E-state index in [2.05, 4.69) is 21.2 Å². The van der Waals surface area contributed by atoms with E-state index >= 15 is 0 Å². The Morgan fingerprint density at radius 3 is 3.04 bits per heavy atom. The summed E-state index contributed by atoms with van der Waals surface area (Å²) >= 11 is 0. The second-order valence-electron chi connectivity index (χ2n) is 6.43. The van der Waals surface area contributed by atoms with Crippen LogP contribution in [0.5, 0.6) is 0 Å². The smallest absolute Gasteiger partial charge is 0.343 e. The van der Waals surface area contributed by atoms with Crippen molar-refractivity contribution in [2.75, 3.05) is 13.7 Å². The number of H-pyrrole nitrogens is 1. The van der Waals surface area contributed by atoms with Gasteiger partial charge in [0.1, 0.15) is 5.58 Å². The number of hydrogen-bond donors (Lipinski definition) is 1. The maximum atomic E-state index is 12.0. The minimum Gasteiger partial charge on any atom is -0.464 e. The molecule has 1 aromatic carbocycles. The first-order valence-corrected chi connectivity index (χ1v) is 8.58. The molecule has 7 nitrogen and oxygen atoms in total. The molecule has 1 fully saturated rings. The summed E-state index contributed by atoms with van der Waals surface area (Å²) in [5.41, 5.74) is 1.87. The van der Waals surface area contributed by atoms with E-state index in [0.717, 1.165) is 41.9 Å². The van der Waals surface area contributed by atoms with Gasteiger partial charge in [0.2, 0.25) is 0 Å². The number of aromatic amines is 1. The van der Waals surface area contributed by atoms with Gasteiger partial charge in [0.05, 0.1) is 18.4 Å². The van der Waals surface area contributed by atoms with Gasteiger partial charge in [-0.15, -0.1) is 0 Å². The summed E-state index contributed by atoms with van der Waals surface area (Å²) < 4.78 is 13.0. The molecule has 3 aromatic rings. The van der Waals surface area contributed by atoms with Crippen LogP contribution in [0.4, 0.5) is 0 Å². The first-order chi connectivity index (χ1) is 12.2. The van der Waals surface area contributed by atoms with Crippen LogP contribution in [0.25, 0.3) is 11.0 Å². The molecule has 0 radical (unpaired) electrons. The van der Waals surface area contributed by atoms with Crippen molar-refractivity contribution in [2.45, 2.75) is 38.6 Å². The highest BCUT2D eigenvalue weighted by Gasteiger charge is 2.36. The van der Waals surface area contributed by atoms with Gasteiger partial charge in [-0.2, -0.15) is 5.10 Å². The molecule has 1 aliphatic rings. The molecule has 1 N–H and O–H groups in total. The van der Waals surface area contributed by atoms with Crippen molar-refractivity contribution in [3.63, 3.8) is 0 Å². The van der Waals surface area contributed by atoms with Crippen LogP contribution in [-0.4, -0.2) is 39.4 Å². The minimum absolute atomic E-state index is 0.0394. The van der Waals surface area contributed by atoms with Crippen LogP contribution in [0.3, 0.4) is 0 Å². The summed E-state index contributed by atoms with van der Waals surface area (Å²) in [6.45, 7) is 4.08. The van der Waals surface area contributed by atoms with E-state index < -0.39 is 0 Å². The number of nitrogens with one attached hydrogen (secondary N) is 1. The van der Waals surface area contributed by atoms with Crippen molar-refractivity contribution in [1.82, 2.24) is 19.7 Å². The fourth-order valence-electron chi connectivity index (χ4n) is 3.74. The van der Waals surface area contributed by atoms with E-state index in [1.54, 1.807) is 11.7 Å². The lowest BCUT2D eigenvalue weighted by atomic mass is 10.1. The molecule has 0 bridgehead atoms. The second-order valence-corrected chi connectivity index (χ2v) is 6.43. The fraction of sp³-hybridized carbons (Fsp3) is 0.444. The van der Waals surface area contributed by atoms with Gasteiger partial charge in [0, 0.05) is 37.7 Å². The third-order valence-corrected chi connectivity index (χ3v) is 5.04. The van der Waals surface area contributed by atoms with Gasteiger partial charge in [0.25, 0.3) is 0 Å². The van der Waals surface area contributed by atoms with E-state index in [1.807, 2.05) is 31.4 Å². The molecule has 3 heterocycles. The van der Waals surface area contributed by atoms with Gasteiger partial charge in [-0.05, 0) is 19.4 Å². The van der Waals surface area contributed by atoms with Crippen LogP contribution in [0.1, 0.15) is 30.8 Å². The zero-order valence-corrected chi connectivity index (χ0v) is 14.4. The largest absolute Gasteiger partial charge is 0.464 e. The monoisotopic (exact) mass is 342 g/mol. The molecule has 0 saturated carbocycles. The molecule has 2 aromatic heterocycles. The quantitative estimate of drug-likeness (QED) is 0.770. The van der Waals surface area contributed by atoms with Gasteiger partial charge in [-0.3, -0.25) is 9.47 Å². The van der Waals surface area contributed by atoms with Crippen molar-refractivity contribution in [2.24, 2.45) is 0 Å². The average molecular weight is 342 g/mol. The van der Waals surface area contributed by atoms with Crippen molar-refractivity contribution in [1.29, 1.82) is 0 Å². The molecular weight excluding hydrogens is 320 g/mol. The Bertz CT molecular complexity index is 926. The van der Waals surface area contributed by atoms with Crippen LogP contribution < -0.4 is 5.69 Å². The number of ether oxygens (including phenoxy) is 1. The van der Waals surface area contributed by atoms with E-state index in [9.17, 15) is 4.79 Å². The van der Waals surface area contributed by atoms with Crippen molar-refractivity contribution in [3.05, 3.63) is 52.4 Å². The third-order valence-electron chi connectivity index (χ3n) is 5.04. The molecular formula is C18H22N4O3. The molecule has 132 valence electrons. The number of furan rings is 1. The fourth-order valence-corrected chi connectivity index (χ4v) is 3.74. The lowest BCUT2D eigenvalue weighted by molar-refractivity contribution is 0.107. The number of benzene rings is 1. The Kier molecular flexibility index (Phi) is 4.19. The van der Waals surface area contributed by atoms with Gasteiger partial charge in [0.15, 0.2) is 5.82 Å². The number of fused-ring (bicyclic) bond motifs is 1. The van der Waals surface area contributed by atoms with Gasteiger partial charge < -0.3 is 9.15 Å². The average Bonchev–Trinajstić information content (AvgIpc) is 3.32. The Morgan fingerprint density at radius 2 is 2.24 bits per heavy atom. The summed E-state index contributed by atoms with van der Waals surface area (Å²) in [7, 11) is 1.73. The molecule has 1 saturated heterocycles. The maximum Gasteiger partial charge on any atom is 0.343 e. The highest BCUT2D eigenvalue weighted by molar-refractivity contribution is 5.80. The topological polar surface area (TPSA) is 76.3 Å². The Morgan fingerprint density at radius 1 is 1.40 bits per heavy atom. The number of aromatic nitrogens is 3. The van der Waals surface area contributed by atoms with Crippen LogP contribution in [-0.2, 0) is 17.8 Å². The summed E-state index contributed by atoms with van der Waals surface area (Å²) in [6, 6.07) is 8.07. The number of hydrogen-bond acceptors (Lipinski definition) is 5. The summed E-state index contributed by atoms with van der Waals surface area (Å²) in [4.78, 5) is 14.3. The van der Waals surface area contributed by atoms with Crippen LogP contribution in [0.15, 0.2) is 39.7 Å². The number of rotatable bonds is 5. The lowest BCUT2D eigenvalue weighted by Crippen LogP contribution is -2.28. The first-order valence-electron chi connectivity index (χ1n) is 8.58. The summed E-state index contributed by atoms with van der Waals surface area (Å²) in [6.07, 6.45) is 2.76. The van der Waals surface area contributed by atoms with Crippen molar-refractivity contribution in [3.8, 4) is 0 Å². The molecule has 0 unspecified atom stereocenters. The number of nitrogens with zero attached hydrogens (tertiary/aromatic N) is 3. The van der Waals surface area contributed by atoms with Crippen molar-refractivity contribution >= 4 is 11.0 Å². The first kappa shape index (κ1) is 16.1. The number of likely N-dealkylation sites (tertiary alicyclic amines) is 1. The third kappa shape index (κ3) is 2.79. The van der Waals surface area contributed by atoms with Crippen LogP contribution in [0, 0.1) is 0 Å². The molecule has 0 amide bonds. The predicted molar refractivity (Wildman–Crippen MR) is 93.3 cm³/mol. The second kappa shape index (κ2) is 6.50. The zero-order valence-electron chi connectivity index (χ0n) is 14.4. The van der Waals surface area contributed by atoms with E-state index in [-0.39, 0.29) is 17.8 Å². The summed E-state index contributed by atoms with van der Waals surface area (Å²) in [5, 5.41) is 7.98. The molecule has 0 spiro atoms. The Labute approximate surface area is 145 Å². The van der Waals surface area contributed by atoms with Gasteiger partial charge in [-0.1, -0.05) is 18.2 Å². The molecule has 25 heavy (non-hydrogen) atoms.